The van der Waals surface area contributed by atoms with Crippen LogP contribution < -0.4 is 9.62 Å². The molecule has 27 heavy (non-hydrogen) atoms. The van der Waals surface area contributed by atoms with Gasteiger partial charge in [-0.3, -0.25) is 19.4 Å². The molecule has 0 fully saturated rings. The van der Waals surface area contributed by atoms with Crippen molar-refractivity contribution in [3.63, 3.8) is 0 Å². The summed E-state index contributed by atoms with van der Waals surface area (Å²) in [5, 5.41) is 4.95. The zero-order chi connectivity index (χ0) is 19.6. The summed E-state index contributed by atoms with van der Waals surface area (Å²) in [6, 6.07) is 6.97. The number of carbonyl (C=O) groups excluding carboxylic acids is 1. The Bertz CT molecular complexity index is 1060. The van der Waals surface area contributed by atoms with Gasteiger partial charge in [0.1, 0.15) is 5.69 Å². The number of sulfonamides is 1. The molecule has 10 heteroatoms. The van der Waals surface area contributed by atoms with E-state index in [0.29, 0.717) is 16.5 Å². The molecule has 2 heterocycles. The van der Waals surface area contributed by atoms with Gasteiger partial charge in [0, 0.05) is 24.2 Å². The number of benzene rings is 1. The highest BCUT2D eigenvalue weighted by molar-refractivity contribution is 7.92. The molecule has 0 aliphatic rings. The van der Waals surface area contributed by atoms with Crippen LogP contribution in [0.4, 0.5) is 10.8 Å². The molecule has 1 amide bonds. The molecule has 0 bridgehead atoms. The number of nitrogens with zero attached hydrogens (tertiary/aromatic N) is 4. The molecule has 0 saturated heterocycles. The number of aromatic nitrogens is 3. The third kappa shape index (κ3) is 4.47. The molecular formula is C17H17N5O3S2. The smallest absolute Gasteiger partial charge is 0.277 e. The summed E-state index contributed by atoms with van der Waals surface area (Å²) >= 11 is 1.29. The monoisotopic (exact) mass is 403 g/mol. The summed E-state index contributed by atoms with van der Waals surface area (Å²) in [7, 11) is -1.82. The first-order chi connectivity index (χ1) is 12.7. The summed E-state index contributed by atoms with van der Waals surface area (Å²) in [6.45, 7) is 1.79. The van der Waals surface area contributed by atoms with E-state index in [1.165, 1.54) is 35.1 Å². The van der Waals surface area contributed by atoms with Crippen molar-refractivity contribution in [1.82, 2.24) is 15.0 Å². The summed E-state index contributed by atoms with van der Waals surface area (Å²) in [6.07, 6.45) is 4.09. The molecule has 1 N–H and O–H groups in total. The molecule has 2 aromatic heterocycles. The Hall–Kier alpha value is -2.85. The lowest BCUT2D eigenvalue weighted by molar-refractivity contribution is 0.102. The molecule has 0 spiro atoms. The van der Waals surface area contributed by atoms with E-state index in [0.717, 1.165) is 17.5 Å². The van der Waals surface area contributed by atoms with Crippen molar-refractivity contribution in [3.8, 4) is 11.3 Å². The molecule has 8 nitrogen and oxygen atoms in total. The van der Waals surface area contributed by atoms with Crippen LogP contribution in [0.5, 0.6) is 0 Å². The van der Waals surface area contributed by atoms with Gasteiger partial charge in [-0.2, -0.15) is 0 Å². The molecule has 0 saturated carbocycles. The maximum Gasteiger partial charge on any atom is 0.277 e. The minimum atomic E-state index is -3.31. The maximum atomic E-state index is 12.2. The van der Waals surface area contributed by atoms with Crippen LogP contribution in [0.1, 0.15) is 16.2 Å². The van der Waals surface area contributed by atoms with Crippen molar-refractivity contribution in [2.24, 2.45) is 0 Å². The fourth-order valence-electron chi connectivity index (χ4n) is 2.17. The van der Waals surface area contributed by atoms with Crippen molar-refractivity contribution in [1.29, 1.82) is 0 Å². The van der Waals surface area contributed by atoms with Crippen LogP contribution in [0, 0.1) is 6.92 Å². The van der Waals surface area contributed by atoms with E-state index in [1.54, 1.807) is 31.2 Å². The number of thiazole rings is 1. The van der Waals surface area contributed by atoms with E-state index in [4.69, 9.17) is 0 Å². The van der Waals surface area contributed by atoms with Crippen molar-refractivity contribution in [2.75, 3.05) is 22.9 Å². The third-order valence-corrected chi connectivity index (χ3v) is 5.73. The van der Waals surface area contributed by atoms with Gasteiger partial charge in [0.25, 0.3) is 5.91 Å². The fourth-order valence-corrected chi connectivity index (χ4v) is 3.39. The van der Waals surface area contributed by atoms with Crippen molar-refractivity contribution in [2.45, 2.75) is 6.92 Å². The second-order valence-corrected chi connectivity index (χ2v) is 8.68. The second-order valence-electron chi connectivity index (χ2n) is 5.81. The topological polar surface area (TPSA) is 105 Å². The van der Waals surface area contributed by atoms with Gasteiger partial charge in [0.15, 0.2) is 5.13 Å². The molecule has 1 aromatic carbocycles. The van der Waals surface area contributed by atoms with Gasteiger partial charge < -0.3 is 0 Å². The van der Waals surface area contributed by atoms with Crippen LogP contribution in [-0.4, -0.2) is 42.6 Å². The molecule has 0 aliphatic heterocycles. The van der Waals surface area contributed by atoms with Gasteiger partial charge >= 0.3 is 0 Å². The SMILES string of the molecule is Cc1cnc(C(=O)Nc2nc(-c3ccc(N(C)S(C)(=O)=O)cc3)cs2)cn1. The maximum absolute atomic E-state index is 12.2. The highest BCUT2D eigenvalue weighted by Crippen LogP contribution is 2.27. The Kier molecular flexibility index (Phi) is 5.19. The number of carbonyl (C=O) groups is 1. The number of hydrogen-bond acceptors (Lipinski definition) is 7. The van der Waals surface area contributed by atoms with Gasteiger partial charge in [0.05, 0.1) is 29.5 Å². The first-order valence-corrected chi connectivity index (χ1v) is 10.6. The number of nitrogens with one attached hydrogen (secondary N) is 1. The molecule has 0 radical (unpaired) electrons. The lowest BCUT2D eigenvalue weighted by atomic mass is 10.1. The van der Waals surface area contributed by atoms with Gasteiger partial charge in [-0.15, -0.1) is 11.3 Å². The standard InChI is InChI=1S/C17H17N5O3S2/c1-11-8-19-14(9-18-11)16(23)21-17-20-15(10-26-17)12-4-6-13(7-5-12)22(2)27(3,24)25/h4-10H,1-3H3,(H,20,21,23). The lowest BCUT2D eigenvalue weighted by Crippen LogP contribution is -2.24. The van der Waals surface area contributed by atoms with E-state index in [1.807, 2.05) is 5.38 Å². The van der Waals surface area contributed by atoms with Crippen molar-refractivity contribution in [3.05, 3.63) is 53.4 Å². The molecule has 0 unspecified atom stereocenters. The zero-order valence-corrected chi connectivity index (χ0v) is 16.5. The lowest BCUT2D eigenvalue weighted by Gasteiger charge is -2.16. The summed E-state index contributed by atoms with van der Waals surface area (Å²) in [5.74, 6) is -0.381. The van der Waals surface area contributed by atoms with Crippen LogP contribution >= 0.6 is 11.3 Å². The summed E-state index contributed by atoms with van der Waals surface area (Å²) in [5.41, 5.74) is 2.99. The van der Waals surface area contributed by atoms with Gasteiger partial charge in [-0.1, -0.05) is 12.1 Å². The summed E-state index contributed by atoms with van der Waals surface area (Å²) < 4.78 is 24.4. The molecular weight excluding hydrogens is 386 g/mol. The summed E-state index contributed by atoms with van der Waals surface area (Å²) in [4.78, 5) is 24.6. The van der Waals surface area contributed by atoms with Crippen molar-refractivity contribution >= 4 is 38.1 Å². The molecule has 3 rings (SSSR count). The van der Waals surface area contributed by atoms with Crippen LogP contribution in [0.15, 0.2) is 42.0 Å². The van der Waals surface area contributed by atoms with E-state index in [-0.39, 0.29) is 11.6 Å². The van der Waals surface area contributed by atoms with E-state index < -0.39 is 10.0 Å². The van der Waals surface area contributed by atoms with Crippen LogP contribution in [0.25, 0.3) is 11.3 Å². The Morgan fingerprint density at radius 3 is 2.44 bits per heavy atom. The van der Waals surface area contributed by atoms with Crippen molar-refractivity contribution < 1.29 is 13.2 Å². The van der Waals surface area contributed by atoms with Crippen LogP contribution in [0.3, 0.4) is 0 Å². The normalized spacial score (nSPS) is 11.2. The Labute approximate surface area is 161 Å². The quantitative estimate of drug-likeness (QED) is 0.702. The first kappa shape index (κ1) is 18.9. The predicted octanol–water partition coefficient (Wildman–Crippen LogP) is 2.56. The van der Waals surface area contributed by atoms with E-state index >= 15 is 0 Å². The van der Waals surface area contributed by atoms with Gasteiger partial charge in [-0.25, -0.2) is 18.4 Å². The number of hydrogen-bond donors (Lipinski definition) is 1. The minimum Gasteiger partial charge on any atom is -0.296 e. The first-order valence-electron chi connectivity index (χ1n) is 7.84. The predicted molar refractivity (Wildman–Crippen MR) is 106 cm³/mol. The molecule has 3 aromatic rings. The Morgan fingerprint density at radius 2 is 1.85 bits per heavy atom. The second kappa shape index (κ2) is 7.41. The van der Waals surface area contributed by atoms with Gasteiger partial charge in [-0.05, 0) is 19.1 Å². The van der Waals surface area contributed by atoms with E-state index in [2.05, 4.69) is 20.3 Å². The Morgan fingerprint density at radius 1 is 1.15 bits per heavy atom. The number of amides is 1. The number of anilines is 2. The fraction of sp³-hybridized carbons (Fsp3) is 0.176. The highest BCUT2D eigenvalue weighted by atomic mass is 32.2. The third-order valence-electron chi connectivity index (χ3n) is 3.76. The number of rotatable bonds is 5. The van der Waals surface area contributed by atoms with E-state index in [9.17, 15) is 13.2 Å². The highest BCUT2D eigenvalue weighted by Gasteiger charge is 2.14. The molecule has 0 atom stereocenters. The average molecular weight is 403 g/mol. The largest absolute Gasteiger partial charge is 0.296 e. The zero-order valence-electron chi connectivity index (χ0n) is 14.9. The molecule has 0 aliphatic carbocycles. The number of aryl methyl sites for hydroxylation is 1. The van der Waals surface area contributed by atoms with Crippen LogP contribution in [0.2, 0.25) is 0 Å². The molecule has 140 valence electrons. The van der Waals surface area contributed by atoms with Gasteiger partial charge in [0.2, 0.25) is 10.0 Å². The average Bonchev–Trinajstić information content (AvgIpc) is 3.09. The minimum absolute atomic E-state index is 0.213. The van der Waals surface area contributed by atoms with Crippen LogP contribution in [-0.2, 0) is 10.0 Å². The Balaban J connectivity index is 1.74.